The average Bonchev–Trinajstić information content (AvgIpc) is 3.13. The Morgan fingerprint density at radius 2 is 0.468 bits per heavy atom. The highest BCUT2D eigenvalue weighted by Crippen LogP contribution is 2.59. The third-order valence-electron chi connectivity index (χ3n) is 9.38. The standard InChI is InChI=1S/C44H45P3/c1-43(2,3)44(34-45(37-22-10-4-11-23-37)38-24-12-5-13-25-38,35-46(39-26-14-6-15-27-39)40-28-16-7-17-29-40)36-47(41-30-18-8-19-31-41)42-32-20-9-21-33-42/h4-33H,34-36H2,1-3H3. The van der Waals surface area contributed by atoms with Crippen LogP contribution in [0.25, 0.3) is 0 Å². The summed E-state index contributed by atoms with van der Waals surface area (Å²) < 4.78 is 0. The van der Waals surface area contributed by atoms with Crippen molar-refractivity contribution in [3.05, 3.63) is 182 Å². The molecule has 0 aromatic heterocycles. The molecule has 0 aliphatic carbocycles. The number of hydrogen-bond acceptors (Lipinski definition) is 0. The van der Waals surface area contributed by atoms with E-state index in [0.717, 1.165) is 18.5 Å². The van der Waals surface area contributed by atoms with Crippen molar-refractivity contribution in [2.45, 2.75) is 20.8 Å². The maximum Gasteiger partial charge on any atom is -0.0113 e. The summed E-state index contributed by atoms with van der Waals surface area (Å²) in [7, 11) is -1.86. The lowest BCUT2D eigenvalue weighted by molar-refractivity contribution is 0.171. The van der Waals surface area contributed by atoms with Crippen molar-refractivity contribution < 1.29 is 0 Å². The Kier molecular flexibility index (Phi) is 11.2. The van der Waals surface area contributed by atoms with Crippen molar-refractivity contribution in [3.63, 3.8) is 0 Å². The summed E-state index contributed by atoms with van der Waals surface area (Å²) in [4.78, 5) is 0. The second-order valence-electron chi connectivity index (χ2n) is 13.3. The molecule has 0 aliphatic heterocycles. The monoisotopic (exact) mass is 666 g/mol. The molecule has 0 fully saturated rings. The fourth-order valence-corrected chi connectivity index (χ4v) is 16.0. The summed E-state index contributed by atoms with van der Waals surface area (Å²) in [6, 6.07) is 68.2. The summed E-state index contributed by atoms with van der Waals surface area (Å²) >= 11 is 0. The summed E-state index contributed by atoms with van der Waals surface area (Å²) in [6.07, 6.45) is 3.41. The minimum atomic E-state index is -0.619. The van der Waals surface area contributed by atoms with E-state index in [1.54, 1.807) is 0 Å². The third-order valence-corrected chi connectivity index (χ3v) is 17.7. The second kappa shape index (κ2) is 15.7. The van der Waals surface area contributed by atoms with E-state index in [2.05, 4.69) is 203 Å². The highest BCUT2D eigenvalue weighted by Gasteiger charge is 2.47. The lowest BCUT2D eigenvalue weighted by Crippen LogP contribution is -2.48. The molecule has 6 aromatic carbocycles. The van der Waals surface area contributed by atoms with Gasteiger partial charge in [0.15, 0.2) is 0 Å². The minimum absolute atomic E-state index is 0.0131. The number of rotatable bonds is 12. The Labute approximate surface area is 286 Å². The molecule has 0 N–H and O–H groups in total. The third kappa shape index (κ3) is 8.19. The zero-order chi connectivity index (χ0) is 32.5. The van der Waals surface area contributed by atoms with Crippen LogP contribution in [0.15, 0.2) is 182 Å². The lowest BCUT2D eigenvalue weighted by Gasteiger charge is -2.51. The van der Waals surface area contributed by atoms with Crippen molar-refractivity contribution in [1.29, 1.82) is 0 Å². The molecule has 0 nitrogen and oxygen atoms in total. The molecule has 6 rings (SSSR count). The van der Waals surface area contributed by atoms with E-state index in [-0.39, 0.29) is 10.8 Å². The van der Waals surface area contributed by atoms with Crippen LogP contribution in [0.4, 0.5) is 0 Å². The first-order valence-electron chi connectivity index (χ1n) is 16.6. The van der Waals surface area contributed by atoms with E-state index < -0.39 is 23.8 Å². The molecule has 0 aliphatic rings. The normalized spacial score (nSPS) is 12.1. The highest BCUT2D eigenvalue weighted by atomic mass is 31.1. The van der Waals surface area contributed by atoms with Gasteiger partial charge in [0.2, 0.25) is 0 Å². The van der Waals surface area contributed by atoms with Crippen LogP contribution in [-0.4, -0.2) is 18.5 Å². The Balaban J connectivity index is 1.57. The molecule has 47 heavy (non-hydrogen) atoms. The maximum absolute atomic E-state index is 2.53. The van der Waals surface area contributed by atoms with Crippen molar-refractivity contribution in [1.82, 2.24) is 0 Å². The molecule has 0 radical (unpaired) electrons. The molecule has 0 atom stereocenters. The molecule has 6 aromatic rings. The predicted molar refractivity (Wildman–Crippen MR) is 214 cm³/mol. The molecule has 0 saturated heterocycles. The van der Waals surface area contributed by atoms with E-state index >= 15 is 0 Å². The average molecular weight is 667 g/mol. The van der Waals surface area contributed by atoms with Crippen LogP contribution in [0, 0.1) is 10.8 Å². The van der Waals surface area contributed by atoms with E-state index in [1.165, 1.54) is 31.8 Å². The molecule has 3 heteroatoms. The first-order chi connectivity index (χ1) is 22.9. The van der Waals surface area contributed by atoms with Gasteiger partial charge in [-0.1, -0.05) is 203 Å². The molecule has 0 heterocycles. The highest BCUT2D eigenvalue weighted by molar-refractivity contribution is 7.75. The molecule has 0 amide bonds. The Hall–Kier alpha value is -3.39. The van der Waals surface area contributed by atoms with E-state index in [0.29, 0.717) is 0 Å². The summed E-state index contributed by atoms with van der Waals surface area (Å²) in [5, 5.41) is 8.80. The molecule has 0 bridgehead atoms. The van der Waals surface area contributed by atoms with Gasteiger partial charge in [-0.2, -0.15) is 0 Å². The van der Waals surface area contributed by atoms with Gasteiger partial charge in [-0.05, 0) is 84.9 Å². The van der Waals surface area contributed by atoms with E-state index in [9.17, 15) is 0 Å². The number of hydrogen-bond donors (Lipinski definition) is 0. The van der Waals surface area contributed by atoms with Crippen molar-refractivity contribution in [3.8, 4) is 0 Å². The summed E-state index contributed by atoms with van der Waals surface area (Å²) in [5.41, 5.74) is 0.0462. The molecule has 0 spiro atoms. The first-order valence-corrected chi connectivity index (χ1v) is 21.1. The largest absolute Gasteiger partial charge is 0.0622 e. The zero-order valence-electron chi connectivity index (χ0n) is 27.8. The van der Waals surface area contributed by atoms with Crippen LogP contribution in [0.2, 0.25) is 0 Å². The van der Waals surface area contributed by atoms with Gasteiger partial charge in [0.25, 0.3) is 0 Å². The predicted octanol–water partition coefficient (Wildman–Crippen LogP) is 9.42. The fraction of sp³-hybridized carbons (Fsp3) is 0.182. The van der Waals surface area contributed by atoms with Gasteiger partial charge in [0.1, 0.15) is 0 Å². The van der Waals surface area contributed by atoms with Gasteiger partial charge in [0.05, 0.1) is 0 Å². The molecule has 236 valence electrons. The SMILES string of the molecule is CC(C)(C)C(CP(c1ccccc1)c1ccccc1)(CP(c1ccccc1)c1ccccc1)CP(c1ccccc1)c1ccccc1. The van der Waals surface area contributed by atoms with E-state index in [1.807, 2.05) is 0 Å². The molecule has 0 unspecified atom stereocenters. The zero-order valence-corrected chi connectivity index (χ0v) is 30.5. The second-order valence-corrected chi connectivity index (χ2v) is 19.9. The lowest BCUT2D eigenvalue weighted by atomic mass is 9.70. The van der Waals surface area contributed by atoms with Gasteiger partial charge in [-0.15, -0.1) is 0 Å². The Morgan fingerprint density at radius 1 is 0.298 bits per heavy atom. The van der Waals surface area contributed by atoms with Gasteiger partial charge >= 0.3 is 0 Å². The first kappa shape index (κ1) is 33.5. The maximum atomic E-state index is 2.53. The molecule has 0 saturated carbocycles. The van der Waals surface area contributed by atoms with Crippen LogP contribution in [-0.2, 0) is 0 Å². The minimum Gasteiger partial charge on any atom is -0.0622 e. The topological polar surface area (TPSA) is 0 Å². The van der Waals surface area contributed by atoms with Crippen LogP contribution < -0.4 is 31.8 Å². The fourth-order valence-electron chi connectivity index (χ4n) is 6.41. The van der Waals surface area contributed by atoms with Gasteiger partial charge < -0.3 is 0 Å². The van der Waals surface area contributed by atoms with Crippen LogP contribution >= 0.6 is 23.8 Å². The molecular weight excluding hydrogens is 621 g/mol. The van der Waals surface area contributed by atoms with Crippen molar-refractivity contribution >= 4 is 55.6 Å². The Bertz CT molecular complexity index is 1450. The van der Waals surface area contributed by atoms with Crippen LogP contribution in [0.5, 0.6) is 0 Å². The summed E-state index contributed by atoms with van der Waals surface area (Å²) in [5.74, 6) is 0. The Morgan fingerprint density at radius 3 is 0.617 bits per heavy atom. The van der Waals surface area contributed by atoms with Gasteiger partial charge in [-0.3, -0.25) is 0 Å². The quantitative estimate of drug-likeness (QED) is 0.114. The van der Waals surface area contributed by atoms with Gasteiger partial charge in [-0.25, -0.2) is 0 Å². The van der Waals surface area contributed by atoms with E-state index in [4.69, 9.17) is 0 Å². The van der Waals surface area contributed by atoms with Crippen molar-refractivity contribution in [2.75, 3.05) is 18.5 Å². The van der Waals surface area contributed by atoms with Crippen molar-refractivity contribution in [2.24, 2.45) is 10.8 Å². The smallest absolute Gasteiger partial charge is 0.0113 e. The summed E-state index contributed by atoms with van der Waals surface area (Å²) in [6.45, 7) is 7.59. The van der Waals surface area contributed by atoms with Crippen LogP contribution in [0.3, 0.4) is 0 Å². The molecular formula is C44H45P3. The number of benzene rings is 6. The van der Waals surface area contributed by atoms with Gasteiger partial charge in [0, 0.05) is 0 Å². The van der Waals surface area contributed by atoms with Crippen LogP contribution in [0.1, 0.15) is 20.8 Å².